The minimum atomic E-state index is 1.04. The van der Waals surface area contributed by atoms with E-state index in [1.54, 1.807) is 11.3 Å². The van der Waals surface area contributed by atoms with Crippen molar-refractivity contribution < 1.29 is 0 Å². The summed E-state index contributed by atoms with van der Waals surface area (Å²) in [6.07, 6.45) is 1.83. The summed E-state index contributed by atoms with van der Waals surface area (Å²) < 4.78 is 0. The lowest BCUT2D eigenvalue weighted by atomic mass is 10.2. The zero-order valence-corrected chi connectivity index (χ0v) is 10.0. The quantitative estimate of drug-likeness (QED) is 0.640. The van der Waals surface area contributed by atoms with Gasteiger partial charge in [-0.2, -0.15) is 0 Å². The van der Waals surface area contributed by atoms with Crippen molar-refractivity contribution in [1.29, 1.82) is 0 Å². The molecule has 0 N–H and O–H groups in total. The molecule has 3 rings (SSSR count). The van der Waals surface area contributed by atoms with Gasteiger partial charge in [0.05, 0.1) is 10.6 Å². The summed E-state index contributed by atoms with van der Waals surface area (Å²) in [7, 11) is 0. The first kappa shape index (κ1) is 10.2. The summed E-state index contributed by atoms with van der Waals surface area (Å²) in [4.78, 5) is 6.86. The van der Waals surface area contributed by atoms with Gasteiger partial charge in [0, 0.05) is 11.1 Å². The van der Waals surface area contributed by atoms with Gasteiger partial charge in [-0.15, -0.1) is 11.3 Å². The number of aromatic nitrogens is 1. The number of rotatable bonds is 2. The lowest BCUT2D eigenvalue weighted by Gasteiger charge is -1.96. The van der Waals surface area contributed by atoms with Gasteiger partial charge in [-0.25, -0.2) is 0 Å². The number of hydrogen-bond acceptors (Lipinski definition) is 2. The van der Waals surface area contributed by atoms with Crippen LogP contribution in [0.1, 0.15) is 0 Å². The van der Waals surface area contributed by atoms with E-state index in [1.165, 1.54) is 15.3 Å². The van der Waals surface area contributed by atoms with Crippen molar-refractivity contribution in [1.82, 2.24) is 4.98 Å². The average Bonchev–Trinajstić information content (AvgIpc) is 2.90. The fourth-order valence-corrected chi connectivity index (χ4v) is 2.73. The van der Waals surface area contributed by atoms with E-state index in [9.17, 15) is 0 Å². The molecule has 0 fully saturated rings. The van der Waals surface area contributed by atoms with Crippen LogP contribution in [0.25, 0.3) is 21.0 Å². The van der Waals surface area contributed by atoms with Crippen LogP contribution >= 0.6 is 11.3 Å². The van der Waals surface area contributed by atoms with Crippen molar-refractivity contribution >= 4 is 11.3 Å². The molecule has 0 radical (unpaired) electrons. The Hall–Kier alpha value is -1.93. The molecule has 0 aliphatic heterocycles. The maximum absolute atomic E-state index is 4.37. The molecule has 2 heteroatoms. The molecular weight excluding hydrogens is 226 g/mol. The normalized spacial score (nSPS) is 10.4. The molecule has 2 heterocycles. The van der Waals surface area contributed by atoms with E-state index >= 15 is 0 Å². The molecule has 17 heavy (non-hydrogen) atoms. The molecule has 0 bridgehead atoms. The first-order valence-corrected chi connectivity index (χ1v) is 6.32. The molecule has 1 nitrogen and oxygen atoms in total. The van der Waals surface area contributed by atoms with Gasteiger partial charge < -0.3 is 0 Å². The van der Waals surface area contributed by atoms with Gasteiger partial charge in [0.1, 0.15) is 0 Å². The van der Waals surface area contributed by atoms with Crippen LogP contribution in [0, 0.1) is 0 Å². The fraction of sp³-hybridized carbons (Fsp3) is 0. The van der Waals surface area contributed by atoms with Gasteiger partial charge in [0.15, 0.2) is 0 Å². The Labute approximate surface area is 104 Å². The highest BCUT2D eigenvalue weighted by Crippen LogP contribution is 2.33. The Kier molecular flexibility index (Phi) is 2.72. The number of pyridine rings is 1. The summed E-state index contributed by atoms with van der Waals surface area (Å²) in [5.74, 6) is 0. The molecule has 0 saturated heterocycles. The second-order valence-corrected chi connectivity index (χ2v) is 4.83. The summed E-state index contributed by atoms with van der Waals surface area (Å²) in [5.41, 5.74) is 2.30. The molecule has 0 atom stereocenters. The van der Waals surface area contributed by atoms with Crippen LogP contribution in [0.5, 0.6) is 0 Å². The molecule has 0 aliphatic carbocycles. The smallest absolute Gasteiger partial charge is 0.0801 e. The average molecular weight is 237 g/mol. The van der Waals surface area contributed by atoms with Gasteiger partial charge in [-0.05, 0) is 29.8 Å². The van der Waals surface area contributed by atoms with Crippen molar-refractivity contribution in [2.75, 3.05) is 0 Å². The van der Waals surface area contributed by atoms with Crippen molar-refractivity contribution in [2.24, 2.45) is 0 Å². The minimum Gasteiger partial charge on any atom is -0.255 e. The zero-order valence-electron chi connectivity index (χ0n) is 9.21. The molecule has 0 amide bonds. The zero-order chi connectivity index (χ0) is 11.5. The molecule has 0 unspecified atom stereocenters. The third-order valence-electron chi connectivity index (χ3n) is 2.58. The van der Waals surface area contributed by atoms with Crippen LogP contribution in [0.3, 0.4) is 0 Å². The number of thiophene rings is 1. The predicted molar refractivity (Wildman–Crippen MR) is 73.0 cm³/mol. The summed E-state index contributed by atoms with van der Waals surface area (Å²) in [6.45, 7) is 0. The summed E-state index contributed by atoms with van der Waals surface area (Å²) >= 11 is 1.78. The van der Waals surface area contributed by atoms with Crippen molar-refractivity contribution in [3.8, 4) is 21.0 Å². The minimum absolute atomic E-state index is 1.04. The van der Waals surface area contributed by atoms with Crippen molar-refractivity contribution in [2.45, 2.75) is 0 Å². The topological polar surface area (TPSA) is 12.9 Å². The van der Waals surface area contributed by atoms with E-state index in [-0.39, 0.29) is 0 Å². The molecule has 2 aromatic heterocycles. The molecular formula is C15H11NS. The van der Waals surface area contributed by atoms with Gasteiger partial charge in [0.25, 0.3) is 0 Å². The number of nitrogens with zero attached hydrogens (tertiary/aromatic N) is 1. The third kappa shape index (κ3) is 2.12. The Bertz CT molecular complexity index is 545. The predicted octanol–water partition coefficient (Wildman–Crippen LogP) is 4.48. The van der Waals surface area contributed by atoms with Crippen LogP contribution < -0.4 is 0 Å². The van der Waals surface area contributed by atoms with Crippen molar-refractivity contribution in [3.63, 3.8) is 0 Å². The van der Waals surface area contributed by atoms with Gasteiger partial charge in [0.2, 0.25) is 0 Å². The lowest BCUT2D eigenvalue weighted by molar-refractivity contribution is 1.34. The lowest BCUT2D eigenvalue weighted by Crippen LogP contribution is -1.75. The van der Waals surface area contributed by atoms with Gasteiger partial charge in [-0.1, -0.05) is 36.4 Å². The highest BCUT2D eigenvalue weighted by atomic mass is 32.1. The van der Waals surface area contributed by atoms with E-state index in [1.807, 2.05) is 30.5 Å². The standard InChI is InChI=1S/C15H11NS/c1-2-6-12(7-3-1)14-9-10-15(17-14)13-8-4-5-11-16-13/h1-11H. The van der Waals surface area contributed by atoms with E-state index in [2.05, 4.69) is 41.4 Å². The molecule has 0 aliphatic rings. The molecule has 3 aromatic rings. The summed E-state index contributed by atoms with van der Waals surface area (Å²) in [5, 5.41) is 0. The van der Waals surface area contributed by atoms with Crippen LogP contribution in [-0.4, -0.2) is 4.98 Å². The molecule has 0 spiro atoms. The first-order chi connectivity index (χ1) is 8.43. The highest BCUT2D eigenvalue weighted by molar-refractivity contribution is 7.18. The third-order valence-corrected chi connectivity index (χ3v) is 3.74. The Morgan fingerprint density at radius 3 is 2.24 bits per heavy atom. The van der Waals surface area contributed by atoms with Crippen LogP contribution in [-0.2, 0) is 0 Å². The number of benzene rings is 1. The maximum atomic E-state index is 4.37. The van der Waals surface area contributed by atoms with E-state index < -0.39 is 0 Å². The second-order valence-electron chi connectivity index (χ2n) is 3.74. The van der Waals surface area contributed by atoms with Crippen LogP contribution in [0.15, 0.2) is 66.9 Å². The summed E-state index contributed by atoms with van der Waals surface area (Å²) in [6, 6.07) is 20.7. The van der Waals surface area contributed by atoms with Gasteiger partial charge >= 0.3 is 0 Å². The Morgan fingerprint density at radius 1 is 0.706 bits per heavy atom. The second kappa shape index (κ2) is 4.52. The Balaban J connectivity index is 1.99. The molecule has 0 saturated carbocycles. The monoisotopic (exact) mass is 237 g/mol. The van der Waals surface area contributed by atoms with Crippen molar-refractivity contribution in [3.05, 3.63) is 66.9 Å². The first-order valence-electron chi connectivity index (χ1n) is 5.50. The fourth-order valence-electron chi connectivity index (χ4n) is 1.74. The maximum Gasteiger partial charge on any atom is 0.0801 e. The van der Waals surface area contributed by atoms with E-state index in [4.69, 9.17) is 0 Å². The van der Waals surface area contributed by atoms with E-state index in [0.29, 0.717) is 0 Å². The SMILES string of the molecule is c1ccc(-c2ccc(-c3ccccn3)s2)cc1. The molecule has 1 aromatic carbocycles. The highest BCUT2D eigenvalue weighted by Gasteiger charge is 2.04. The largest absolute Gasteiger partial charge is 0.255 e. The number of hydrogen-bond donors (Lipinski definition) is 0. The van der Waals surface area contributed by atoms with Crippen LogP contribution in [0.2, 0.25) is 0 Å². The van der Waals surface area contributed by atoms with Crippen LogP contribution in [0.4, 0.5) is 0 Å². The van der Waals surface area contributed by atoms with E-state index in [0.717, 1.165) is 5.69 Å². The van der Waals surface area contributed by atoms with Gasteiger partial charge in [-0.3, -0.25) is 4.98 Å². The Morgan fingerprint density at radius 2 is 1.47 bits per heavy atom. The molecule has 82 valence electrons.